The van der Waals surface area contributed by atoms with E-state index in [1.165, 1.54) is 6.07 Å². The summed E-state index contributed by atoms with van der Waals surface area (Å²) in [6, 6.07) is 4.89. The van der Waals surface area contributed by atoms with Crippen LogP contribution in [0.3, 0.4) is 0 Å². The van der Waals surface area contributed by atoms with E-state index in [9.17, 15) is 10.1 Å². The molecule has 0 bridgehead atoms. The molecule has 1 aromatic rings. The van der Waals surface area contributed by atoms with Gasteiger partial charge in [-0.2, -0.15) is 0 Å². The molecule has 1 aliphatic rings. The summed E-state index contributed by atoms with van der Waals surface area (Å²) in [4.78, 5) is 12.5. The normalized spacial score (nSPS) is 15.7. The van der Waals surface area contributed by atoms with Crippen LogP contribution in [0.5, 0.6) is 0 Å². The Bertz CT molecular complexity index is 389. The Kier molecular flexibility index (Phi) is 2.90. The summed E-state index contributed by atoms with van der Waals surface area (Å²) < 4.78 is 0.926. The molecule has 0 unspecified atom stereocenters. The number of nitro groups is 1. The third kappa shape index (κ3) is 2.12. The highest BCUT2D eigenvalue weighted by Crippen LogP contribution is 2.32. The van der Waals surface area contributed by atoms with E-state index >= 15 is 0 Å². The summed E-state index contributed by atoms with van der Waals surface area (Å²) in [5.74, 6) is 0. The monoisotopic (exact) mass is 270 g/mol. The molecule has 0 amide bonds. The molecule has 0 N–H and O–H groups in total. The van der Waals surface area contributed by atoms with Gasteiger partial charge in [0.1, 0.15) is 0 Å². The Labute approximate surface area is 96.2 Å². The van der Waals surface area contributed by atoms with Crippen LogP contribution in [0, 0.1) is 10.1 Å². The number of anilines is 1. The molecular formula is C10H11BrN2O2. The first-order valence-electron chi connectivity index (χ1n) is 4.87. The van der Waals surface area contributed by atoms with Crippen LogP contribution in [0.15, 0.2) is 22.7 Å². The Hall–Kier alpha value is -1.10. The lowest BCUT2D eigenvalue weighted by Crippen LogP contribution is -2.18. The van der Waals surface area contributed by atoms with E-state index in [1.807, 2.05) is 0 Å². The molecule has 15 heavy (non-hydrogen) atoms. The van der Waals surface area contributed by atoms with Gasteiger partial charge in [-0.3, -0.25) is 10.1 Å². The molecule has 2 rings (SSSR count). The molecule has 1 heterocycles. The van der Waals surface area contributed by atoms with Crippen molar-refractivity contribution in [2.45, 2.75) is 12.8 Å². The first-order valence-corrected chi connectivity index (χ1v) is 5.66. The van der Waals surface area contributed by atoms with Gasteiger partial charge >= 0.3 is 0 Å². The number of hydrogen-bond donors (Lipinski definition) is 0. The first kappa shape index (κ1) is 10.4. The molecule has 1 fully saturated rings. The van der Waals surface area contributed by atoms with E-state index in [0.717, 1.165) is 36.1 Å². The standard InChI is InChI=1S/C10H11BrN2O2/c11-9-4-3-8(13(14)15)7-10(9)12-5-1-2-6-12/h3-4,7H,1-2,5-6H2. The minimum absolute atomic E-state index is 0.153. The second-order valence-corrected chi connectivity index (χ2v) is 4.44. The second-order valence-electron chi connectivity index (χ2n) is 3.59. The van der Waals surface area contributed by atoms with Crippen LogP contribution in [0.25, 0.3) is 0 Å². The molecule has 0 atom stereocenters. The van der Waals surface area contributed by atoms with Gasteiger partial charge < -0.3 is 4.90 Å². The van der Waals surface area contributed by atoms with Gasteiger partial charge in [0, 0.05) is 29.7 Å². The molecule has 0 aliphatic carbocycles. The van der Waals surface area contributed by atoms with Crippen LogP contribution in [0.2, 0.25) is 0 Å². The highest BCUT2D eigenvalue weighted by Gasteiger charge is 2.17. The Morgan fingerprint density at radius 3 is 2.60 bits per heavy atom. The average molecular weight is 271 g/mol. The van der Waals surface area contributed by atoms with Crippen molar-refractivity contribution in [3.05, 3.63) is 32.8 Å². The summed E-state index contributed by atoms with van der Waals surface area (Å²) in [6.07, 6.45) is 2.32. The molecule has 80 valence electrons. The van der Waals surface area contributed by atoms with E-state index in [0.29, 0.717) is 0 Å². The van der Waals surface area contributed by atoms with Crippen molar-refractivity contribution in [2.24, 2.45) is 0 Å². The topological polar surface area (TPSA) is 46.4 Å². The quantitative estimate of drug-likeness (QED) is 0.613. The fourth-order valence-corrected chi connectivity index (χ4v) is 2.31. The zero-order chi connectivity index (χ0) is 10.8. The van der Waals surface area contributed by atoms with Gasteiger partial charge in [0.25, 0.3) is 5.69 Å². The largest absolute Gasteiger partial charge is 0.370 e. The maximum Gasteiger partial charge on any atom is 0.271 e. The van der Waals surface area contributed by atoms with Gasteiger partial charge in [-0.15, -0.1) is 0 Å². The van der Waals surface area contributed by atoms with Crippen LogP contribution >= 0.6 is 15.9 Å². The molecule has 0 aromatic heterocycles. The summed E-state index contributed by atoms with van der Waals surface area (Å²) >= 11 is 3.43. The van der Waals surface area contributed by atoms with Crippen LogP contribution in [0.1, 0.15) is 12.8 Å². The van der Waals surface area contributed by atoms with E-state index in [2.05, 4.69) is 20.8 Å². The van der Waals surface area contributed by atoms with Gasteiger partial charge in [-0.25, -0.2) is 0 Å². The molecule has 5 heteroatoms. The lowest BCUT2D eigenvalue weighted by molar-refractivity contribution is -0.384. The van der Waals surface area contributed by atoms with Gasteiger partial charge in [-0.1, -0.05) is 0 Å². The maximum absolute atomic E-state index is 10.7. The van der Waals surface area contributed by atoms with Crippen LogP contribution in [0.4, 0.5) is 11.4 Å². The lowest BCUT2D eigenvalue weighted by atomic mass is 10.2. The van der Waals surface area contributed by atoms with Crippen molar-refractivity contribution in [2.75, 3.05) is 18.0 Å². The smallest absolute Gasteiger partial charge is 0.271 e. The van der Waals surface area contributed by atoms with Crippen molar-refractivity contribution >= 4 is 27.3 Å². The van der Waals surface area contributed by atoms with Crippen LogP contribution < -0.4 is 4.90 Å². The van der Waals surface area contributed by atoms with Crippen LogP contribution in [-0.2, 0) is 0 Å². The van der Waals surface area contributed by atoms with Crippen molar-refractivity contribution < 1.29 is 4.92 Å². The average Bonchev–Trinajstić information content (AvgIpc) is 2.71. The molecule has 0 spiro atoms. The summed E-state index contributed by atoms with van der Waals surface area (Å²) in [5, 5.41) is 10.7. The second kappa shape index (κ2) is 4.18. The summed E-state index contributed by atoms with van der Waals surface area (Å²) in [6.45, 7) is 1.97. The van der Waals surface area contributed by atoms with Gasteiger partial charge in [0.2, 0.25) is 0 Å². The van der Waals surface area contributed by atoms with Gasteiger partial charge in [0.05, 0.1) is 10.6 Å². The van der Waals surface area contributed by atoms with E-state index in [1.54, 1.807) is 12.1 Å². The highest BCUT2D eigenvalue weighted by molar-refractivity contribution is 9.10. The predicted octanol–water partition coefficient (Wildman–Crippen LogP) is 2.96. The summed E-state index contributed by atoms with van der Waals surface area (Å²) in [7, 11) is 0. The number of rotatable bonds is 2. The number of hydrogen-bond acceptors (Lipinski definition) is 3. The third-order valence-corrected chi connectivity index (χ3v) is 3.26. The lowest BCUT2D eigenvalue weighted by Gasteiger charge is -2.18. The Morgan fingerprint density at radius 2 is 2.00 bits per heavy atom. The molecular weight excluding hydrogens is 260 g/mol. The highest BCUT2D eigenvalue weighted by atomic mass is 79.9. The minimum atomic E-state index is -0.355. The zero-order valence-corrected chi connectivity index (χ0v) is 9.74. The van der Waals surface area contributed by atoms with Crippen molar-refractivity contribution in [3.8, 4) is 0 Å². The fraction of sp³-hybridized carbons (Fsp3) is 0.400. The zero-order valence-electron chi connectivity index (χ0n) is 8.15. The fourth-order valence-electron chi connectivity index (χ4n) is 1.81. The molecule has 0 radical (unpaired) electrons. The molecule has 1 saturated heterocycles. The number of non-ortho nitro benzene ring substituents is 1. The Balaban J connectivity index is 2.35. The SMILES string of the molecule is O=[N+]([O-])c1ccc(Br)c(N2CCCC2)c1. The number of nitrogens with zero attached hydrogens (tertiary/aromatic N) is 2. The van der Waals surface area contributed by atoms with Crippen molar-refractivity contribution in [3.63, 3.8) is 0 Å². The van der Waals surface area contributed by atoms with Crippen LogP contribution in [-0.4, -0.2) is 18.0 Å². The predicted molar refractivity (Wildman–Crippen MR) is 62.2 cm³/mol. The molecule has 0 saturated carbocycles. The maximum atomic E-state index is 10.7. The van der Waals surface area contributed by atoms with E-state index in [-0.39, 0.29) is 10.6 Å². The van der Waals surface area contributed by atoms with Gasteiger partial charge in [-0.05, 0) is 34.8 Å². The Morgan fingerprint density at radius 1 is 1.33 bits per heavy atom. The third-order valence-electron chi connectivity index (χ3n) is 2.59. The van der Waals surface area contributed by atoms with Crippen molar-refractivity contribution in [1.29, 1.82) is 0 Å². The summed E-state index contributed by atoms with van der Waals surface area (Å²) in [5.41, 5.74) is 1.09. The molecule has 4 nitrogen and oxygen atoms in total. The van der Waals surface area contributed by atoms with Gasteiger partial charge in [0.15, 0.2) is 0 Å². The first-order chi connectivity index (χ1) is 7.18. The van der Waals surface area contributed by atoms with E-state index in [4.69, 9.17) is 0 Å². The number of benzene rings is 1. The molecule has 1 aromatic carbocycles. The minimum Gasteiger partial charge on any atom is -0.370 e. The number of nitro benzene ring substituents is 1. The number of halogens is 1. The molecule has 1 aliphatic heterocycles. The van der Waals surface area contributed by atoms with Crippen molar-refractivity contribution in [1.82, 2.24) is 0 Å². The van der Waals surface area contributed by atoms with E-state index < -0.39 is 0 Å².